The fourth-order valence-electron chi connectivity index (χ4n) is 4.33. The van der Waals surface area contributed by atoms with Gasteiger partial charge in [-0.05, 0) is 50.1 Å². The van der Waals surface area contributed by atoms with Crippen LogP contribution >= 0.6 is 22.9 Å². The van der Waals surface area contributed by atoms with Crippen LogP contribution < -0.4 is 10.6 Å². The summed E-state index contributed by atoms with van der Waals surface area (Å²) >= 11 is 7.57. The Kier molecular flexibility index (Phi) is 9.46. The Labute approximate surface area is 241 Å². The Morgan fingerprint density at radius 2 is 1.70 bits per heavy atom. The number of esters is 1. The predicted molar refractivity (Wildman–Crippen MR) is 153 cm³/mol. The zero-order chi connectivity index (χ0) is 28.9. The van der Waals surface area contributed by atoms with E-state index in [4.69, 9.17) is 16.3 Å². The number of hydrogen-bond acceptors (Lipinski definition) is 8. The van der Waals surface area contributed by atoms with Crippen molar-refractivity contribution in [1.82, 2.24) is 4.31 Å². The van der Waals surface area contributed by atoms with Crippen LogP contribution in [0.4, 0.5) is 15.5 Å². The van der Waals surface area contributed by atoms with Crippen LogP contribution in [0, 0.1) is 5.92 Å². The van der Waals surface area contributed by atoms with Crippen molar-refractivity contribution in [3.05, 3.63) is 64.5 Å². The van der Waals surface area contributed by atoms with E-state index in [0.717, 1.165) is 0 Å². The van der Waals surface area contributed by atoms with E-state index in [2.05, 4.69) is 15.4 Å². The molecule has 0 aliphatic carbocycles. The molecule has 4 rings (SSSR count). The van der Waals surface area contributed by atoms with E-state index in [9.17, 15) is 22.8 Å². The molecule has 1 aliphatic rings. The summed E-state index contributed by atoms with van der Waals surface area (Å²) in [6.45, 7) is 2.18. The van der Waals surface area contributed by atoms with Crippen molar-refractivity contribution < 1.29 is 32.3 Å². The molecular weight excluding hydrogens is 578 g/mol. The van der Waals surface area contributed by atoms with Crippen molar-refractivity contribution in [2.45, 2.75) is 24.7 Å². The number of nitrogens with one attached hydrogen (secondary N) is 2. The molecule has 0 atom stereocenters. The van der Waals surface area contributed by atoms with Gasteiger partial charge in [0.2, 0.25) is 15.9 Å². The summed E-state index contributed by atoms with van der Waals surface area (Å²) in [5.74, 6) is -1.31. The fourth-order valence-corrected chi connectivity index (χ4v) is 6.99. The zero-order valence-corrected chi connectivity index (χ0v) is 24.2. The first-order chi connectivity index (χ1) is 19.1. The summed E-state index contributed by atoms with van der Waals surface area (Å²) in [4.78, 5) is 37.5. The van der Waals surface area contributed by atoms with Gasteiger partial charge in [0.1, 0.15) is 10.6 Å². The number of halogens is 1. The maximum atomic E-state index is 13.2. The third-order valence-corrected chi connectivity index (χ3v) is 9.56. The van der Waals surface area contributed by atoms with Gasteiger partial charge < -0.3 is 14.8 Å². The smallest absolute Gasteiger partial charge is 0.411 e. The lowest BCUT2D eigenvalue weighted by Gasteiger charge is -2.30. The van der Waals surface area contributed by atoms with Gasteiger partial charge in [0.25, 0.3) is 0 Å². The maximum Gasteiger partial charge on any atom is 0.411 e. The zero-order valence-electron chi connectivity index (χ0n) is 21.8. The van der Waals surface area contributed by atoms with Crippen molar-refractivity contribution in [2.75, 3.05) is 37.4 Å². The lowest BCUT2D eigenvalue weighted by molar-refractivity contribution is -0.120. The highest BCUT2D eigenvalue weighted by Gasteiger charge is 2.33. The van der Waals surface area contributed by atoms with Gasteiger partial charge in [-0.2, -0.15) is 4.31 Å². The molecule has 1 saturated heterocycles. The largest absolute Gasteiger partial charge is 0.462 e. The number of thiophene rings is 1. The normalized spacial score (nSPS) is 14.4. The van der Waals surface area contributed by atoms with Gasteiger partial charge in [-0.3, -0.25) is 10.1 Å². The molecule has 2 aromatic carbocycles. The van der Waals surface area contributed by atoms with E-state index in [-0.39, 0.29) is 36.1 Å². The van der Waals surface area contributed by atoms with Crippen LogP contribution in [0.15, 0.2) is 58.8 Å². The summed E-state index contributed by atoms with van der Waals surface area (Å²) in [5, 5.41) is 7.91. The van der Waals surface area contributed by atoms with Crippen molar-refractivity contribution in [2.24, 2.45) is 5.92 Å². The van der Waals surface area contributed by atoms with Gasteiger partial charge in [0.05, 0.1) is 18.6 Å². The molecule has 2 amide bonds. The van der Waals surface area contributed by atoms with Gasteiger partial charge >= 0.3 is 12.1 Å². The van der Waals surface area contributed by atoms with Crippen LogP contribution in [-0.2, 0) is 24.3 Å². The van der Waals surface area contributed by atoms with E-state index in [1.54, 1.807) is 30.5 Å². The number of anilines is 2. The molecule has 1 aliphatic heterocycles. The Hall–Kier alpha value is -3.45. The molecule has 0 saturated carbocycles. The average Bonchev–Trinajstić information content (AvgIpc) is 3.37. The number of ether oxygens (including phenoxy) is 2. The second-order valence-electron chi connectivity index (χ2n) is 8.86. The molecule has 1 fully saturated rings. The van der Waals surface area contributed by atoms with Gasteiger partial charge in [-0.15, -0.1) is 11.3 Å². The summed E-state index contributed by atoms with van der Waals surface area (Å²) < 4.78 is 37.4. The number of piperidine rings is 1. The summed E-state index contributed by atoms with van der Waals surface area (Å²) in [5.41, 5.74) is 1.85. The third-order valence-electron chi connectivity index (χ3n) is 6.42. The van der Waals surface area contributed by atoms with E-state index < -0.39 is 28.0 Å². The first-order valence-electron chi connectivity index (χ1n) is 12.4. The average molecular weight is 606 g/mol. The van der Waals surface area contributed by atoms with Crippen LogP contribution in [0.25, 0.3) is 11.1 Å². The quantitative estimate of drug-likeness (QED) is 0.326. The number of benzene rings is 2. The van der Waals surface area contributed by atoms with Crippen molar-refractivity contribution in [3.63, 3.8) is 0 Å². The SMILES string of the molecule is CCOC(=O)c1c(-c2ccccc2Cl)csc1NC(=O)C1CCN(S(=O)(=O)c2ccc(NC(=O)OC)cc2)CC1. The highest BCUT2D eigenvalue weighted by molar-refractivity contribution is 7.89. The molecule has 0 radical (unpaired) electrons. The standard InChI is InChI=1S/C27H28ClN3O7S2/c1-3-38-26(33)23-21(20-6-4-5-7-22(20)28)16-39-25(23)30-24(32)17-12-14-31(15-13-17)40(35,36)19-10-8-18(9-11-19)29-27(34)37-2/h4-11,16-17H,3,12-15H2,1-2H3,(H,29,34)(H,30,32). The van der Waals surface area contributed by atoms with E-state index in [1.807, 2.05) is 6.07 Å². The Balaban J connectivity index is 1.44. The molecule has 13 heteroatoms. The molecule has 2 N–H and O–H groups in total. The van der Waals surface area contributed by atoms with Crippen LogP contribution in [-0.4, -0.2) is 57.5 Å². The molecule has 0 unspecified atom stereocenters. The summed E-state index contributed by atoms with van der Waals surface area (Å²) in [6.07, 6.45) is -0.0392. The Morgan fingerprint density at radius 3 is 2.33 bits per heavy atom. The number of nitrogens with zero attached hydrogens (tertiary/aromatic N) is 1. The van der Waals surface area contributed by atoms with Gasteiger partial charge in [0.15, 0.2) is 0 Å². The van der Waals surface area contributed by atoms with Crippen molar-refractivity contribution in [3.8, 4) is 11.1 Å². The monoisotopic (exact) mass is 605 g/mol. The van der Waals surface area contributed by atoms with Gasteiger partial charge in [0, 0.05) is 46.2 Å². The third kappa shape index (κ3) is 6.47. The van der Waals surface area contributed by atoms with E-state index >= 15 is 0 Å². The minimum atomic E-state index is -3.79. The van der Waals surface area contributed by atoms with Crippen LogP contribution in [0.5, 0.6) is 0 Å². The number of sulfonamides is 1. The molecule has 40 heavy (non-hydrogen) atoms. The van der Waals surface area contributed by atoms with Crippen molar-refractivity contribution in [1.29, 1.82) is 0 Å². The first-order valence-corrected chi connectivity index (χ1v) is 15.1. The van der Waals surface area contributed by atoms with Crippen LogP contribution in [0.2, 0.25) is 5.02 Å². The second-order valence-corrected chi connectivity index (χ2v) is 12.1. The van der Waals surface area contributed by atoms with E-state index in [1.165, 1.54) is 47.0 Å². The van der Waals surface area contributed by atoms with Crippen molar-refractivity contribution >= 4 is 61.6 Å². The molecule has 2 heterocycles. The lowest BCUT2D eigenvalue weighted by Crippen LogP contribution is -2.41. The van der Waals surface area contributed by atoms with E-state index in [0.29, 0.717) is 39.7 Å². The molecule has 10 nitrogen and oxygen atoms in total. The molecule has 0 spiro atoms. The molecule has 1 aromatic heterocycles. The Morgan fingerprint density at radius 1 is 1.02 bits per heavy atom. The topological polar surface area (TPSA) is 131 Å². The van der Waals surface area contributed by atoms with Gasteiger partial charge in [-0.1, -0.05) is 29.8 Å². The highest BCUT2D eigenvalue weighted by atomic mass is 35.5. The number of hydrogen-bond donors (Lipinski definition) is 2. The number of carbonyl (C=O) groups excluding carboxylic acids is 3. The Bertz CT molecular complexity index is 1500. The van der Waals surface area contributed by atoms with Gasteiger partial charge in [-0.25, -0.2) is 18.0 Å². The number of carbonyl (C=O) groups is 3. The summed E-state index contributed by atoms with van der Waals surface area (Å²) in [7, 11) is -2.56. The first kappa shape index (κ1) is 29.5. The predicted octanol–water partition coefficient (Wildman–Crippen LogP) is 5.46. The van der Waals surface area contributed by atoms with Crippen LogP contribution in [0.3, 0.4) is 0 Å². The molecule has 212 valence electrons. The molecular formula is C27H28ClN3O7S2. The minimum absolute atomic E-state index is 0.0792. The second kappa shape index (κ2) is 12.8. The molecule has 0 bridgehead atoms. The number of rotatable bonds is 8. The summed E-state index contributed by atoms with van der Waals surface area (Å²) in [6, 6.07) is 12.9. The maximum absolute atomic E-state index is 13.2. The lowest BCUT2D eigenvalue weighted by atomic mass is 9.97. The molecule has 3 aromatic rings. The highest BCUT2D eigenvalue weighted by Crippen LogP contribution is 2.39. The number of amides is 2. The fraction of sp³-hybridized carbons (Fsp3) is 0.296. The number of methoxy groups -OCH3 is 1. The van der Waals surface area contributed by atoms with Crippen LogP contribution in [0.1, 0.15) is 30.1 Å². The minimum Gasteiger partial charge on any atom is -0.462 e.